The number of aromatic nitrogens is 2. The molecule has 1 aromatic carbocycles. The Labute approximate surface area is 112 Å². The van der Waals surface area contributed by atoms with Crippen molar-refractivity contribution in [3.63, 3.8) is 0 Å². The predicted molar refractivity (Wildman–Crippen MR) is 74.9 cm³/mol. The Bertz CT molecular complexity index is 550. The highest BCUT2D eigenvalue weighted by atomic mass is 16.2. The van der Waals surface area contributed by atoms with Gasteiger partial charge in [-0.3, -0.25) is 9.48 Å². The first-order valence-electron chi connectivity index (χ1n) is 6.12. The number of hydrogen-bond donors (Lipinski definition) is 1. The summed E-state index contributed by atoms with van der Waals surface area (Å²) >= 11 is 0. The minimum atomic E-state index is -0.390. The van der Waals surface area contributed by atoms with Gasteiger partial charge in [-0.05, 0) is 19.2 Å². The van der Waals surface area contributed by atoms with Crippen LogP contribution in [0.5, 0.6) is 0 Å². The third-order valence-electron chi connectivity index (χ3n) is 3.07. The molecule has 2 rings (SSSR count). The van der Waals surface area contributed by atoms with Crippen molar-refractivity contribution < 1.29 is 4.79 Å². The number of rotatable bonds is 4. The standard InChI is InChI=1S/C14H18N4O/c1-15-13(11-9-16-17(2)10-11)14(19)18(3)12-7-5-4-6-8-12/h4-10,13,15H,1-3H3. The van der Waals surface area contributed by atoms with Gasteiger partial charge < -0.3 is 10.2 Å². The van der Waals surface area contributed by atoms with E-state index < -0.39 is 0 Å². The highest BCUT2D eigenvalue weighted by molar-refractivity contribution is 5.97. The number of nitrogens with one attached hydrogen (secondary N) is 1. The molecule has 0 fully saturated rings. The smallest absolute Gasteiger partial charge is 0.248 e. The number of amides is 1. The maximum Gasteiger partial charge on any atom is 0.248 e. The molecule has 1 atom stereocenters. The first-order valence-corrected chi connectivity index (χ1v) is 6.12. The van der Waals surface area contributed by atoms with Crippen molar-refractivity contribution in [3.05, 3.63) is 48.3 Å². The lowest BCUT2D eigenvalue weighted by Crippen LogP contribution is -2.37. The normalized spacial score (nSPS) is 12.2. The van der Waals surface area contributed by atoms with Gasteiger partial charge in [-0.25, -0.2) is 0 Å². The SMILES string of the molecule is CNC(C(=O)N(C)c1ccccc1)c1cnn(C)c1. The third-order valence-corrected chi connectivity index (χ3v) is 3.07. The summed E-state index contributed by atoms with van der Waals surface area (Å²) in [5.41, 5.74) is 1.73. The van der Waals surface area contributed by atoms with Gasteiger partial charge in [0.15, 0.2) is 0 Å². The molecule has 0 aliphatic carbocycles. The van der Waals surface area contributed by atoms with Crippen molar-refractivity contribution in [3.8, 4) is 0 Å². The van der Waals surface area contributed by atoms with Gasteiger partial charge in [0.1, 0.15) is 6.04 Å². The Morgan fingerprint density at radius 3 is 2.58 bits per heavy atom. The Kier molecular flexibility index (Phi) is 3.97. The fraction of sp³-hybridized carbons (Fsp3) is 0.286. The van der Waals surface area contributed by atoms with E-state index in [1.54, 1.807) is 29.9 Å². The number of carbonyl (C=O) groups excluding carboxylic acids is 1. The van der Waals surface area contributed by atoms with E-state index in [2.05, 4.69) is 10.4 Å². The Morgan fingerprint density at radius 1 is 1.37 bits per heavy atom. The summed E-state index contributed by atoms with van der Waals surface area (Å²) in [6.45, 7) is 0. The van der Waals surface area contributed by atoms with Crippen LogP contribution >= 0.6 is 0 Å². The van der Waals surface area contributed by atoms with Crippen molar-refractivity contribution in [2.45, 2.75) is 6.04 Å². The summed E-state index contributed by atoms with van der Waals surface area (Å²) < 4.78 is 1.69. The van der Waals surface area contributed by atoms with Gasteiger partial charge in [0.25, 0.3) is 0 Å². The lowest BCUT2D eigenvalue weighted by molar-refractivity contribution is -0.120. The minimum Gasteiger partial charge on any atom is -0.314 e. The molecule has 100 valence electrons. The van der Waals surface area contributed by atoms with E-state index in [0.29, 0.717) is 0 Å². The molecule has 1 N–H and O–H groups in total. The maximum absolute atomic E-state index is 12.5. The van der Waals surface area contributed by atoms with E-state index in [9.17, 15) is 4.79 Å². The topological polar surface area (TPSA) is 50.2 Å². The van der Waals surface area contributed by atoms with E-state index in [1.807, 2.05) is 43.6 Å². The number of anilines is 1. The van der Waals surface area contributed by atoms with Gasteiger partial charge in [0.05, 0.1) is 6.20 Å². The molecule has 5 nitrogen and oxygen atoms in total. The molecule has 0 radical (unpaired) electrons. The average molecular weight is 258 g/mol. The highest BCUT2D eigenvalue weighted by Crippen LogP contribution is 2.19. The first kappa shape index (κ1) is 13.3. The molecule has 0 saturated heterocycles. The largest absolute Gasteiger partial charge is 0.314 e. The van der Waals surface area contributed by atoms with Crippen molar-refractivity contribution in [2.75, 3.05) is 19.0 Å². The van der Waals surface area contributed by atoms with E-state index in [1.165, 1.54) is 0 Å². The van der Waals surface area contributed by atoms with Gasteiger partial charge in [-0.2, -0.15) is 5.10 Å². The molecule has 1 amide bonds. The molecule has 0 spiro atoms. The number of nitrogens with zero attached hydrogens (tertiary/aromatic N) is 3. The zero-order chi connectivity index (χ0) is 13.8. The van der Waals surface area contributed by atoms with Crippen LogP contribution in [0.15, 0.2) is 42.7 Å². The van der Waals surface area contributed by atoms with Crippen LogP contribution in [0.2, 0.25) is 0 Å². The molecule has 5 heteroatoms. The van der Waals surface area contributed by atoms with Crippen LogP contribution in [0, 0.1) is 0 Å². The van der Waals surface area contributed by atoms with Gasteiger partial charge in [-0.1, -0.05) is 18.2 Å². The lowest BCUT2D eigenvalue weighted by atomic mass is 10.1. The number of benzene rings is 1. The summed E-state index contributed by atoms with van der Waals surface area (Å²) in [5.74, 6) is -0.0123. The second-order valence-electron chi connectivity index (χ2n) is 4.40. The molecule has 0 aliphatic heterocycles. The monoisotopic (exact) mass is 258 g/mol. The van der Waals surface area contributed by atoms with Crippen LogP contribution in [0.3, 0.4) is 0 Å². The van der Waals surface area contributed by atoms with Crippen LogP contribution in [0.25, 0.3) is 0 Å². The molecule has 19 heavy (non-hydrogen) atoms. The average Bonchev–Trinajstić information content (AvgIpc) is 2.86. The molecule has 2 aromatic rings. The lowest BCUT2D eigenvalue weighted by Gasteiger charge is -2.22. The first-order chi connectivity index (χ1) is 9.13. The van der Waals surface area contributed by atoms with E-state index in [0.717, 1.165) is 11.3 Å². The Balaban J connectivity index is 2.22. The van der Waals surface area contributed by atoms with Gasteiger partial charge in [-0.15, -0.1) is 0 Å². The van der Waals surface area contributed by atoms with E-state index in [-0.39, 0.29) is 11.9 Å². The third kappa shape index (κ3) is 2.82. The second kappa shape index (κ2) is 5.67. The molecule has 1 aromatic heterocycles. The summed E-state index contributed by atoms with van der Waals surface area (Å²) in [4.78, 5) is 14.2. The summed E-state index contributed by atoms with van der Waals surface area (Å²) in [7, 11) is 5.38. The molecule has 1 unspecified atom stereocenters. The van der Waals surface area contributed by atoms with Crippen LogP contribution in [-0.4, -0.2) is 29.8 Å². The molecular weight excluding hydrogens is 240 g/mol. The van der Waals surface area contributed by atoms with Crippen LogP contribution in [0.4, 0.5) is 5.69 Å². The van der Waals surface area contributed by atoms with Crippen LogP contribution in [-0.2, 0) is 11.8 Å². The number of aryl methyl sites for hydroxylation is 1. The summed E-state index contributed by atoms with van der Waals surface area (Å²) in [6.07, 6.45) is 3.55. The van der Waals surface area contributed by atoms with Gasteiger partial charge >= 0.3 is 0 Å². The fourth-order valence-corrected chi connectivity index (χ4v) is 1.99. The predicted octanol–water partition coefficient (Wildman–Crippen LogP) is 1.34. The van der Waals surface area contributed by atoms with Crippen molar-refractivity contribution in [2.24, 2.45) is 7.05 Å². The van der Waals surface area contributed by atoms with Crippen molar-refractivity contribution in [1.82, 2.24) is 15.1 Å². The summed E-state index contributed by atoms with van der Waals surface area (Å²) in [5, 5.41) is 7.14. The van der Waals surface area contributed by atoms with Crippen molar-refractivity contribution >= 4 is 11.6 Å². The molecule has 0 saturated carbocycles. The minimum absolute atomic E-state index is 0.0123. The summed E-state index contributed by atoms with van der Waals surface area (Å²) in [6, 6.07) is 9.19. The molecular formula is C14H18N4O. The number of carbonyl (C=O) groups is 1. The fourth-order valence-electron chi connectivity index (χ4n) is 1.99. The zero-order valence-corrected chi connectivity index (χ0v) is 11.4. The number of likely N-dealkylation sites (N-methyl/N-ethyl adjacent to an activating group) is 2. The maximum atomic E-state index is 12.5. The van der Waals surface area contributed by atoms with Gasteiger partial charge in [0.2, 0.25) is 5.91 Å². The quantitative estimate of drug-likeness (QED) is 0.900. The van der Waals surface area contributed by atoms with Crippen LogP contribution in [0.1, 0.15) is 11.6 Å². The number of para-hydroxylation sites is 1. The van der Waals surface area contributed by atoms with Gasteiger partial charge in [0, 0.05) is 31.5 Å². The molecule has 0 bridgehead atoms. The number of hydrogen-bond acceptors (Lipinski definition) is 3. The Morgan fingerprint density at radius 2 is 2.05 bits per heavy atom. The molecule has 0 aliphatic rings. The Hall–Kier alpha value is -2.14. The second-order valence-corrected chi connectivity index (χ2v) is 4.40. The van der Waals surface area contributed by atoms with E-state index in [4.69, 9.17) is 0 Å². The highest BCUT2D eigenvalue weighted by Gasteiger charge is 2.24. The molecule has 1 heterocycles. The van der Waals surface area contributed by atoms with Crippen LogP contribution < -0.4 is 10.2 Å². The van der Waals surface area contributed by atoms with E-state index >= 15 is 0 Å². The van der Waals surface area contributed by atoms with Crippen molar-refractivity contribution in [1.29, 1.82) is 0 Å². The zero-order valence-electron chi connectivity index (χ0n) is 11.4.